The Labute approximate surface area is 112 Å². The fourth-order valence-corrected chi connectivity index (χ4v) is 2.65. The number of piperazine rings is 1. The standard InChI is InChI=1S/C16H26N2/c1-4-15(3)18-11-9-17(10-12-18)13-16-8-6-5-7-14(16)2/h5-8,15H,4,9-13H2,1-3H3. The SMILES string of the molecule is CCC(C)N1CCN(Cc2ccccc2C)CC1. The molecule has 1 heterocycles. The molecule has 0 radical (unpaired) electrons. The van der Waals surface area contributed by atoms with Crippen molar-refractivity contribution in [1.82, 2.24) is 9.80 Å². The van der Waals surface area contributed by atoms with Crippen LogP contribution in [0.15, 0.2) is 24.3 Å². The molecule has 0 aromatic heterocycles. The third-order valence-corrected chi connectivity index (χ3v) is 4.28. The van der Waals surface area contributed by atoms with E-state index in [-0.39, 0.29) is 0 Å². The Hall–Kier alpha value is -0.860. The van der Waals surface area contributed by atoms with Crippen molar-refractivity contribution < 1.29 is 0 Å². The van der Waals surface area contributed by atoms with Gasteiger partial charge in [-0.05, 0) is 31.4 Å². The summed E-state index contributed by atoms with van der Waals surface area (Å²) >= 11 is 0. The Kier molecular flexibility index (Phi) is 4.79. The van der Waals surface area contributed by atoms with E-state index in [2.05, 4.69) is 54.8 Å². The largest absolute Gasteiger partial charge is 0.298 e. The molecule has 0 saturated carbocycles. The van der Waals surface area contributed by atoms with Gasteiger partial charge in [-0.1, -0.05) is 31.2 Å². The van der Waals surface area contributed by atoms with Crippen molar-refractivity contribution in [2.75, 3.05) is 26.2 Å². The van der Waals surface area contributed by atoms with Crippen molar-refractivity contribution in [2.45, 2.75) is 39.8 Å². The van der Waals surface area contributed by atoms with Gasteiger partial charge in [-0.25, -0.2) is 0 Å². The van der Waals surface area contributed by atoms with Crippen LogP contribution < -0.4 is 0 Å². The summed E-state index contributed by atoms with van der Waals surface area (Å²) in [6.07, 6.45) is 1.26. The summed E-state index contributed by atoms with van der Waals surface area (Å²) < 4.78 is 0. The molecule has 2 nitrogen and oxygen atoms in total. The van der Waals surface area contributed by atoms with Gasteiger partial charge in [0.1, 0.15) is 0 Å². The van der Waals surface area contributed by atoms with E-state index in [9.17, 15) is 0 Å². The van der Waals surface area contributed by atoms with Crippen LogP contribution in [0.4, 0.5) is 0 Å². The maximum Gasteiger partial charge on any atom is 0.0237 e. The van der Waals surface area contributed by atoms with E-state index in [0.29, 0.717) is 0 Å². The van der Waals surface area contributed by atoms with Crippen LogP contribution in [0, 0.1) is 6.92 Å². The quantitative estimate of drug-likeness (QED) is 0.806. The second-order valence-corrected chi connectivity index (χ2v) is 5.50. The first kappa shape index (κ1) is 13.6. The molecule has 18 heavy (non-hydrogen) atoms. The van der Waals surface area contributed by atoms with E-state index in [1.807, 2.05) is 0 Å². The Morgan fingerprint density at radius 1 is 1.11 bits per heavy atom. The second kappa shape index (κ2) is 6.35. The number of hydrogen-bond acceptors (Lipinski definition) is 2. The summed E-state index contributed by atoms with van der Waals surface area (Å²) in [6, 6.07) is 9.49. The van der Waals surface area contributed by atoms with Crippen molar-refractivity contribution in [1.29, 1.82) is 0 Å². The van der Waals surface area contributed by atoms with Crippen molar-refractivity contribution in [3.63, 3.8) is 0 Å². The van der Waals surface area contributed by atoms with Crippen LogP contribution in [0.2, 0.25) is 0 Å². The number of nitrogens with zero attached hydrogens (tertiary/aromatic N) is 2. The van der Waals surface area contributed by atoms with E-state index in [1.165, 1.54) is 43.7 Å². The molecule has 1 fully saturated rings. The lowest BCUT2D eigenvalue weighted by atomic mass is 10.1. The van der Waals surface area contributed by atoms with Gasteiger partial charge in [0, 0.05) is 38.8 Å². The third-order valence-electron chi connectivity index (χ3n) is 4.28. The fourth-order valence-electron chi connectivity index (χ4n) is 2.65. The lowest BCUT2D eigenvalue weighted by Crippen LogP contribution is -2.49. The molecule has 2 rings (SSSR count). The maximum atomic E-state index is 2.62. The zero-order valence-electron chi connectivity index (χ0n) is 12.0. The second-order valence-electron chi connectivity index (χ2n) is 5.50. The van der Waals surface area contributed by atoms with Crippen LogP contribution in [-0.4, -0.2) is 42.0 Å². The highest BCUT2D eigenvalue weighted by molar-refractivity contribution is 5.25. The van der Waals surface area contributed by atoms with E-state index < -0.39 is 0 Å². The minimum Gasteiger partial charge on any atom is -0.298 e. The first-order chi connectivity index (χ1) is 8.70. The average molecular weight is 246 g/mol. The molecule has 1 atom stereocenters. The predicted molar refractivity (Wildman–Crippen MR) is 77.8 cm³/mol. The maximum absolute atomic E-state index is 2.62. The smallest absolute Gasteiger partial charge is 0.0237 e. The molecule has 2 heteroatoms. The van der Waals surface area contributed by atoms with Crippen LogP contribution in [0.3, 0.4) is 0 Å². The van der Waals surface area contributed by atoms with Gasteiger partial charge in [-0.2, -0.15) is 0 Å². The molecule has 100 valence electrons. The molecule has 0 amide bonds. The van der Waals surface area contributed by atoms with Crippen LogP contribution in [0.5, 0.6) is 0 Å². The topological polar surface area (TPSA) is 6.48 Å². The molecule has 1 aromatic rings. The van der Waals surface area contributed by atoms with Crippen LogP contribution in [-0.2, 0) is 6.54 Å². The zero-order chi connectivity index (χ0) is 13.0. The van der Waals surface area contributed by atoms with Gasteiger partial charge < -0.3 is 0 Å². The molecular weight excluding hydrogens is 220 g/mol. The van der Waals surface area contributed by atoms with Crippen LogP contribution in [0.25, 0.3) is 0 Å². The average Bonchev–Trinajstić information content (AvgIpc) is 2.41. The predicted octanol–water partition coefficient (Wildman–Crippen LogP) is 2.91. The molecule has 0 bridgehead atoms. The lowest BCUT2D eigenvalue weighted by Gasteiger charge is -2.38. The molecule has 1 aliphatic rings. The van der Waals surface area contributed by atoms with Crippen molar-refractivity contribution >= 4 is 0 Å². The Morgan fingerprint density at radius 3 is 2.39 bits per heavy atom. The summed E-state index contributed by atoms with van der Waals surface area (Å²) in [5, 5.41) is 0. The van der Waals surface area contributed by atoms with Gasteiger partial charge in [-0.3, -0.25) is 9.80 Å². The number of benzene rings is 1. The van der Waals surface area contributed by atoms with Gasteiger partial charge in [0.05, 0.1) is 0 Å². The molecule has 1 saturated heterocycles. The number of rotatable bonds is 4. The highest BCUT2D eigenvalue weighted by Gasteiger charge is 2.20. The van der Waals surface area contributed by atoms with Crippen molar-refractivity contribution in [3.8, 4) is 0 Å². The van der Waals surface area contributed by atoms with E-state index in [4.69, 9.17) is 0 Å². The highest BCUT2D eigenvalue weighted by Crippen LogP contribution is 2.14. The number of hydrogen-bond donors (Lipinski definition) is 0. The van der Waals surface area contributed by atoms with Crippen LogP contribution >= 0.6 is 0 Å². The lowest BCUT2D eigenvalue weighted by molar-refractivity contribution is 0.0962. The highest BCUT2D eigenvalue weighted by atomic mass is 15.3. The fraction of sp³-hybridized carbons (Fsp3) is 0.625. The summed E-state index contributed by atoms with van der Waals surface area (Å²) in [4.78, 5) is 5.20. The van der Waals surface area contributed by atoms with Gasteiger partial charge in [-0.15, -0.1) is 0 Å². The summed E-state index contributed by atoms with van der Waals surface area (Å²) in [7, 11) is 0. The Bertz CT molecular complexity index is 367. The first-order valence-electron chi connectivity index (χ1n) is 7.21. The zero-order valence-corrected chi connectivity index (χ0v) is 12.0. The van der Waals surface area contributed by atoms with Crippen molar-refractivity contribution in [2.24, 2.45) is 0 Å². The van der Waals surface area contributed by atoms with Crippen molar-refractivity contribution in [3.05, 3.63) is 35.4 Å². The van der Waals surface area contributed by atoms with Gasteiger partial charge in [0.25, 0.3) is 0 Å². The minimum absolute atomic E-state index is 0.741. The van der Waals surface area contributed by atoms with Gasteiger partial charge in [0.2, 0.25) is 0 Å². The first-order valence-corrected chi connectivity index (χ1v) is 7.21. The summed E-state index contributed by atoms with van der Waals surface area (Å²) in [6.45, 7) is 12.8. The van der Waals surface area contributed by atoms with Gasteiger partial charge >= 0.3 is 0 Å². The van der Waals surface area contributed by atoms with E-state index >= 15 is 0 Å². The summed E-state index contributed by atoms with van der Waals surface area (Å²) in [5.41, 5.74) is 2.90. The summed E-state index contributed by atoms with van der Waals surface area (Å²) in [5.74, 6) is 0. The van der Waals surface area contributed by atoms with E-state index in [1.54, 1.807) is 0 Å². The molecule has 1 aromatic carbocycles. The molecule has 0 spiro atoms. The Morgan fingerprint density at radius 2 is 1.78 bits per heavy atom. The van der Waals surface area contributed by atoms with Gasteiger partial charge in [0.15, 0.2) is 0 Å². The monoisotopic (exact) mass is 246 g/mol. The normalized spacial score (nSPS) is 19.9. The number of aryl methyl sites for hydroxylation is 1. The molecule has 1 unspecified atom stereocenters. The Balaban J connectivity index is 1.86. The third kappa shape index (κ3) is 3.33. The van der Waals surface area contributed by atoms with Crippen LogP contribution in [0.1, 0.15) is 31.4 Å². The molecular formula is C16H26N2. The molecule has 1 aliphatic heterocycles. The minimum atomic E-state index is 0.741. The molecule has 0 N–H and O–H groups in total. The molecule has 0 aliphatic carbocycles. The van der Waals surface area contributed by atoms with E-state index in [0.717, 1.165) is 12.6 Å².